The van der Waals surface area contributed by atoms with Crippen molar-refractivity contribution in [3.8, 4) is 17.2 Å². The first-order valence-corrected chi connectivity index (χ1v) is 9.42. The van der Waals surface area contributed by atoms with Gasteiger partial charge < -0.3 is 14.2 Å². The second-order valence-corrected chi connectivity index (χ2v) is 6.53. The minimum atomic E-state index is -0.728. The summed E-state index contributed by atoms with van der Waals surface area (Å²) in [5.41, 5.74) is 0.846. The van der Waals surface area contributed by atoms with Gasteiger partial charge in [-0.1, -0.05) is 24.3 Å². The molecular formula is C24H19NO7. The van der Waals surface area contributed by atoms with Crippen LogP contribution in [-0.4, -0.2) is 30.9 Å². The topological polar surface area (TPSA) is 105 Å². The fourth-order valence-corrected chi connectivity index (χ4v) is 2.86. The summed E-state index contributed by atoms with van der Waals surface area (Å²) in [7, 11) is 2.99. The van der Waals surface area contributed by atoms with Gasteiger partial charge in [0.05, 0.1) is 30.3 Å². The number of nitro benzene ring substituents is 1. The molecule has 0 atom stereocenters. The van der Waals surface area contributed by atoms with E-state index >= 15 is 0 Å². The summed E-state index contributed by atoms with van der Waals surface area (Å²) in [5, 5.41) is 10.9. The number of carbonyl (C=O) groups is 2. The average Bonchev–Trinajstić information content (AvgIpc) is 2.82. The number of esters is 1. The molecule has 0 aliphatic heterocycles. The van der Waals surface area contributed by atoms with E-state index in [2.05, 4.69) is 0 Å². The molecule has 0 unspecified atom stereocenters. The van der Waals surface area contributed by atoms with Gasteiger partial charge in [-0.25, -0.2) is 4.79 Å². The van der Waals surface area contributed by atoms with Gasteiger partial charge in [0, 0.05) is 18.2 Å². The third kappa shape index (κ3) is 5.37. The van der Waals surface area contributed by atoms with Crippen LogP contribution in [0.1, 0.15) is 26.3 Å². The Kier molecular flexibility index (Phi) is 6.97. The van der Waals surface area contributed by atoms with Crippen LogP contribution in [0.5, 0.6) is 17.2 Å². The van der Waals surface area contributed by atoms with Crippen LogP contribution in [0.15, 0.2) is 72.8 Å². The number of nitrogens with zero attached hydrogens (tertiary/aromatic N) is 1. The van der Waals surface area contributed by atoms with Gasteiger partial charge in [-0.15, -0.1) is 0 Å². The largest absolute Gasteiger partial charge is 0.497 e. The smallest absolute Gasteiger partial charge is 0.343 e. The lowest BCUT2D eigenvalue weighted by Gasteiger charge is -2.08. The van der Waals surface area contributed by atoms with E-state index in [1.54, 1.807) is 48.5 Å². The lowest BCUT2D eigenvalue weighted by molar-refractivity contribution is -0.384. The van der Waals surface area contributed by atoms with Crippen molar-refractivity contribution in [2.24, 2.45) is 0 Å². The van der Waals surface area contributed by atoms with E-state index in [0.29, 0.717) is 22.6 Å². The molecule has 0 aromatic heterocycles. The quantitative estimate of drug-likeness (QED) is 0.126. The summed E-state index contributed by atoms with van der Waals surface area (Å²) in [6, 6.07) is 16.7. The molecule has 3 aromatic carbocycles. The van der Waals surface area contributed by atoms with Crippen molar-refractivity contribution in [1.82, 2.24) is 0 Å². The summed E-state index contributed by atoms with van der Waals surface area (Å²) in [6.45, 7) is 0. The highest BCUT2D eigenvalue weighted by atomic mass is 16.6. The summed E-state index contributed by atoms with van der Waals surface area (Å²) in [6.07, 6.45) is 2.96. The molecule has 0 N–H and O–H groups in total. The lowest BCUT2D eigenvalue weighted by atomic mass is 10.1. The van der Waals surface area contributed by atoms with Crippen LogP contribution in [-0.2, 0) is 0 Å². The van der Waals surface area contributed by atoms with Gasteiger partial charge in [0.15, 0.2) is 5.78 Å². The highest BCUT2D eigenvalue weighted by Gasteiger charge is 2.14. The van der Waals surface area contributed by atoms with Crippen molar-refractivity contribution >= 4 is 23.5 Å². The number of allylic oxidation sites excluding steroid dienone is 1. The van der Waals surface area contributed by atoms with E-state index < -0.39 is 10.9 Å². The van der Waals surface area contributed by atoms with Crippen LogP contribution >= 0.6 is 0 Å². The molecule has 0 saturated carbocycles. The number of hydrogen-bond donors (Lipinski definition) is 0. The summed E-state index contributed by atoms with van der Waals surface area (Å²) in [4.78, 5) is 35.2. The summed E-state index contributed by atoms with van der Waals surface area (Å²) >= 11 is 0. The molecule has 3 aromatic rings. The molecule has 0 fully saturated rings. The lowest BCUT2D eigenvalue weighted by Crippen LogP contribution is -2.08. The van der Waals surface area contributed by atoms with Crippen molar-refractivity contribution < 1.29 is 28.7 Å². The first-order chi connectivity index (χ1) is 15.4. The van der Waals surface area contributed by atoms with Gasteiger partial charge in [0.25, 0.3) is 5.69 Å². The number of non-ortho nitro benzene ring substituents is 1. The Morgan fingerprint density at radius 2 is 1.69 bits per heavy atom. The zero-order valence-corrected chi connectivity index (χ0v) is 17.3. The van der Waals surface area contributed by atoms with E-state index in [0.717, 1.165) is 6.07 Å². The maximum atomic E-state index is 12.6. The van der Waals surface area contributed by atoms with Crippen LogP contribution in [0.3, 0.4) is 0 Å². The second kappa shape index (κ2) is 10.0. The van der Waals surface area contributed by atoms with Crippen molar-refractivity contribution in [1.29, 1.82) is 0 Å². The van der Waals surface area contributed by atoms with Gasteiger partial charge in [0.1, 0.15) is 17.2 Å². The number of ketones is 1. The molecule has 0 bridgehead atoms. The number of benzene rings is 3. The fraction of sp³-hybridized carbons (Fsp3) is 0.0833. The zero-order chi connectivity index (χ0) is 23.1. The first kappa shape index (κ1) is 22.2. The van der Waals surface area contributed by atoms with Crippen molar-refractivity contribution in [3.63, 3.8) is 0 Å². The maximum Gasteiger partial charge on any atom is 0.343 e. The molecule has 162 valence electrons. The van der Waals surface area contributed by atoms with Gasteiger partial charge >= 0.3 is 5.97 Å². The third-order valence-electron chi connectivity index (χ3n) is 4.46. The highest BCUT2D eigenvalue weighted by molar-refractivity contribution is 6.08. The molecular weight excluding hydrogens is 414 g/mol. The number of methoxy groups -OCH3 is 2. The minimum Gasteiger partial charge on any atom is -0.497 e. The van der Waals surface area contributed by atoms with Crippen molar-refractivity contribution in [2.45, 2.75) is 0 Å². The number of nitro groups is 1. The van der Waals surface area contributed by atoms with Crippen LogP contribution in [0.4, 0.5) is 5.69 Å². The predicted octanol–water partition coefficient (Wildman–Crippen LogP) is 4.73. The molecule has 32 heavy (non-hydrogen) atoms. The molecule has 0 amide bonds. The average molecular weight is 433 g/mol. The van der Waals surface area contributed by atoms with E-state index in [4.69, 9.17) is 14.2 Å². The Hall–Kier alpha value is -4.46. The molecule has 0 saturated heterocycles. The maximum absolute atomic E-state index is 12.6. The highest BCUT2D eigenvalue weighted by Crippen LogP contribution is 2.25. The number of hydrogen-bond acceptors (Lipinski definition) is 7. The molecule has 0 spiro atoms. The Morgan fingerprint density at radius 1 is 0.906 bits per heavy atom. The molecule has 8 heteroatoms. The Morgan fingerprint density at radius 3 is 2.41 bits per heavy atom. The predicted molar refractivity (Wildman–Crippen MR) is 117 cm³/mol. The van der Waals surface area contributed by atoms with E-state index in [1.165, 1.54) is 38.5 Å². The van der Waals surface area contributed by atoms with Gasteiger partial charge in [-0.05, 0) is 42.0 Å². The minimum absolute atomic E-state index is 0.0573. The number of rotatable bonds is 8. The van der Waals surface area contributed by atoms with Gasteiger partial charge in [0.2, 0.25) is 0 Å². The van der Waals surface area contributed by atoms with Gasteiger partial charge in [-0.3, -0.25) is 14.9 Å². The summed E-state index contributed by atoms with van der Waals surface area (Å²) in [5.74, 6) is 0.190. The normalized spacial score (nSPS) is 10.6. The first-order valence-electron chi connectivity index (χ1n) is 9.42. The molecule has 3 rings (SSSR count). The molecule has 0 aliphatic carbocycles. The zero-order valence-electron chi connectivity index (χ0n) is 17.3. The summed E-state index contributed by atoms with van der Waals surface area (Å²) < 4.78 is 15.7. The Balaban J connectivity index is 1.74. The van der Waals surface area contributed by atoms with Crippen LogP contribution in [0.25, 0.3) is 6.08 Å². The Labute approximate surface area is 183 Å². The number of carbonyl (C=O) groups excluding carboxylic acids is 2. The van der Waals surface area contributed by atoms with E-state index in [9.17, 15) is 19.7 Å². The monoisotopic (exact) mass is 433 g/mol. The van der Waals surface area contributed by atoms with Crippen LogP contribution in [0, 0.1) is 10.1 Å². The van der Waals surface area contributed by atoms with E-state index in [-0.39, 0.29) is 22.8 Å². The molecule has 8 nitrogen and oxygen atoms in total. The van der Waals surface area contributed by atoms with Crippen molar-refractivity contribution in [3.05, 3.63) is 99.6 Å². The molecule has 0 aliphatic rings. The standard InChI is InChI=1S/C24H19NO7/c1-30-19-10-11-21(23(15-19)31-2)22(26)12-9-16-5-3-8-20(13-16)32-24(27)17-6-4-7-18(14-17)25(28)29/h3-15H,1-2H3/b12-9+. The van der Waals surface area contributed by atoms with Crippen LogP contribution in [0.2, 0.25) is 0 Å². The fourth-order valence-electron chi connectivity index (χ4n) is 2.86. The third-order valence-corrected chi connectivity index (χ3v) is 4.46. The second-order valence-electron chi connectivity index (χ2n) is 6.53. The molecule has 0 radical (unpaired) electrons. The number of ether oxygens (including phenoxy) is 3. The molecule has 0 heterocycles. The van der Waals surface area contributed by atoms with E-state index in [1.807, 2.05) is 0 Å². The SMILES string of the molecule is COc1ccc(C(=O)/C=C/c2cccc(OC(=O)c3cccc([N+](=O)[O-])c3)c2)c(OC)c1. The van der Waals surface area contributed by atoms with Crippen molar-refractivity contribution in [2.75, 3.05) is 14.2 Å². The van der Waals surface area contributed by atoms with Crippen LogP contribution < -0.4 is 14.2 Å². The Bertz CT molecular complexity index is 1200. The van der Waals surface area contributed by atoms with Gasteiger partial charge in [-0.2, -0.15) is 0 Å².